The van der Waals surface area contributed by atoms with Crippen LogP contribution in [0.3, 0.4) is 0 Å². The molecule has 1 fully saturated rings. The molecule has 0 aliphatic heterocycles. The zero-order chi connectivity index (χ0) is 16.1. The Morgan fingerprint density at radius 1 is 1.32 bits per heavy atom. The highest BCUT2D eigenvalue weighted by Crippen LogP contribution is 2.23. The molecule has 0 aromatic heterocycles. The quantitative estimate of drug-likeness (QED) is 0.743. The monoisotopic (exact) mass is 328 g/mol. The second-order valence-electron chi connectivity index (χ2n) is 5.47. The van der Waals surface area contributed by atoms with Crippen molar-refractivity contribution < 1.29 is 19.1 Å². The van der Waals surface area contributed by atoms with Crippen LogP contribution in [0.2, 0.25) is 5.02 Å². The van der Waals surface area contributed by atoms with Gasteiger partial charge >= 0.3 is 11.8 Å². The van der Waals surface area contributed by atoms with Crippen LogP contribution in [0.1, 0.15) is 25.7 Å². The van der Waals surface area contributed by atoms with Gasteiger partial charge in [0.2, 0.25) is 0 Å². The minimum absolute atomic E-state index is 0.138. The average Bonchev–Trinajstić information content (AvgIpc) is 2.48. The van der Waals surface area contributed by atoms with Crippen LogP contribution < -0.4 is 10.6 Å². The van der Waals surface area contributed by atoms with Crippen LogP contribution in [-0.4, -0.2) is 29.6 Å². The summed E-state index contributed by atoms with van der Waals surface area (Å²) in [5.74, 6) is -2.29. The van der Waals surface area contributed by atoms with Crippen molar-refractivity contribution in [2.75, 3.05) is 11.9 Å². The molecule has 1 aliphatic carbocycles. The first kappa shape index (κ1) is 16.7. The molecule has 22 heavy (non-hydrogen) atoms. The standard InChI is InChI=1S/C15H18ClFN2O3/c16-10-4-5-12(17)13(7-10)19-15(22)14(21)18-8-9-2-1-3-11(20)6-9/h4-5,7,9,11,20H,1-3,6,8H2,(H,18,21)(H,19,22). The fourth-order valence-corrected chi connectivity index (χ4v) is 2.71. The van der Waals surface area contributed by atoms with Crippen LogP contribution in [0.15, 0.2) is 18.2 Å². The van der Waals surface area contributed by atoms with Crippen LogP contribution in [0, 0.1) is 11.7 Å². The number of benzene rings is 1. The molecule has 2 amide bonds. The van der Waals surface area contributed by atoms with Crippen molar-refractivity contribution in [3.8, 4) is 0 Å². The first-order chi connectivity index (χ1) is 10.5. The Hall–Kier alpha value is -1.66. The Kier molecular flexibility index (Phi) is 5.74. The summed E-state index contributed by atoms with van der Waals surface area (Å²) in [6, 6.07) is 3.69. The second-order valence-corrected chi connectivity index (χ2v) is 5.91. The van der Waals surface area contributed by atoms with Crippen LogP contribution in [0.5, 0.6) is 0 Å². The molecule has 0 bridgehead atoms. The molecule has 7 heteroatoms. The smallest absolute Gasteiger partial charge is 0.313 e. The summed E-state index contributed by atoms with van der Waals surface area (Å²) >= 11 is 5.71. The lowest BCUT2D eigenvalue weighted by atomic mass is 9.87. The third kappa shape index (κ3) is 4.68. The first-order valence-corrected chi connectivity index (χ1v) is 7.56. The topological polar surface area (TPSA) is 78.4 Å². The number of carbonyl (C=O) groups excluding carboxylic acids is 2. The number of rotatable bonds is 3. The molecule has 0 spiro atoms. The highest BCUT2D eigenvalue weighted by Gasteiger charge is 2.22. The average molecular weight is 329 g/mol. The number of hydrogen-bond acceptors (Lipinski definition) is 3. The van der Waals surface area contributed by atoms with Crippen molar-refractivity contribution >= 4 is 29.1 Å². The molecule has 5 nitrogen and oxygen atoms in total. The molecule has 0 heterocycles. The van der Waals surface area contributed by atoms with E-state index in [-0.39, 0.29) is 22.7 Å². The molecule has 0 radical (unpaired) electrons. The van der Waals surface area contributed by atoms with Gasteiger partial charge in [-0.3, -0.25) is 9.59 Å². The van der Waals surface area contributed by atoms with E-state index in [0.29, 0.717) is 13.0 Å². The Balaban J connectivity index is 1.84. The summed E-state index contributed by atoms with van der Waals surface area (Å²) in [5.41, 5.74) is -0.138. The molecule has 0 saturated heterocycles. The third-order valence-corrected chi connectivity index (χ3v) is 3.92. The summed E-state index contributed by atoms with van der Waals surface area (Å²) in [5, 5.41) is 14.5. The van der Waals surface area contributed by atoms with E-state index in [2.05, 4.69) is 10.6 Å². The predicted octanol–water partition coefficient (Wildman–Crippen LogP) is 2.08. The lowest BCUT2D eigenvalue weighted by Crippen LogP contribution is -2.39. The van der Waals surface area contributed by atoms with Gasteiger partial charge in [0.1, 0.15) is 5.82 Å². The lowest BCUT2D eigenvalue weighted by Gasteiger charge is -2.25. The van der Waals surface area contributed by atoms with Crippen molar-refractivity contribution in [3.63, 3.8) is 0 Å². The summed E-state index contributed by atoms with van der Waals surface area (Å²) < 4.78 is 13.5. The van der Waals surface area contributed by atoms with Gasteiger partial charge in [-0.2, -0.15) is 0 Å². The molecule has 3 N–H and O–H groups in total. The van der Waals surface area contributed by atoms with Crippen molar-refractivity contribution in [2.24, 2.45) is 5.92 Å². The van der Waals surface area contributed by atoms with Gasteiger partial charge in [-0.1, -0.05) is 18.0 Å². The molecule has 2 unspecified atom stereocenters. The van der Waals surface area contributed by atoms with Gasteiger partial charge in [0.15, 0.2) is 0 Å². The van der Waals surface area contributed by atoms with Gasteiger partial charge in [0.25, 0.3) is 0 Å². The summed E-state index contributed by atoms with van der Waals surface area (Å²) in [6.07, 6.45) is 2.86. The van der Waals surface area contributed by atoms with Gasteiger partial charge in [0, 0.05) is 11.6 Å². The highest BCUT2D eigenvalue weighted by atomic mass is 35.5. The maximum Gasteiger partial charge on any atom is 0.313 e. The Morgan fingerprint density at radius 2 is 2.09 bits per heavy atom. The number of carbonyl (C=O) groups is 2. The molecule has 1 aromatic carbocycles. The minimum atomic E-state index is -0.947. The van der Waals surface area contributed by atoms with Gasteiger partial charge in [-0.15, -0.1) is 0 Å². The molecule has 1 aromatic rings. The van der Waals surface area contributed by atoms with E-state index in [1.807, 2.05) is 0 Å². The van der Waals surface area contributed by atoms with Crippen LogP contribution in [-0.2, 0) is 9.59 Å². The SMILES string of the molecule is O=C(NCC1CCCC(O)C1)C(=O)Nc1cc(Cl)ccc1F. The van der Waals surface area contributed by atoms with Gasteiger partial charge < -0.3 is 15.7 Å². The van der Waals surface area contributed by atoms with Crippen molar-refractivity contribution in [1.29, 1.82) is 0 Å². The number of hydrogen-bond donors (Lipinski definition) is 3. The van der Waals surface area contributed by atoms with E-state index in [1.165, 1.54) is 12.1 Å². The van der Waals surface area contributed by atoms with E-state index >= 15 is 0 Å². The van der Waals surface area contributed by atoms with Crippen molar-refractivity contribution in [2.45, 2.75) is 31.8 Å². The predicted molar refractivity (Wildman–Crippen MR) is 81.0 cm³/mol. The van der Waals surface area contributed by atoms with E-state index in [0.717, 1.165) is 25.3 Å². The second kappa shape index (κ2) is 7.56. The number of halogens is 2. The maximum absolute atomic E-state index is 13.5. The summed E-state index contributed by atoms with van der Waals surface area (Å²) in [7, 11) is 0. The Morgan fingerprint density at radius 3 is 2.82 bits per heavy atom. The van der Waals surface area contributed by atoms with E-state index in [4.69, 9.17) is 11.6 Å². The van der Waals surface area contributed by atoms with Gasteiger partial charge in [-0.25, -0.2) is 4.39 Å². The molecule has 120 valence electrons. The Bertz CT molecular complexity index is 568. The molecular weight excluding hydrogens is 311 g/mol. The van der Waals surface area contributed by atoms with E-state index in [9.17, 15) is 19.1 Å². The van der Waals surface area contributed by atoms with E-state index < -0.39 is 17.6 Å². The zero-order valence-electron chi connectivity index (χ0n) is 11.9. The number of nitrogens with one attached hydrogen (secondary N) is 2. The molecular formula is C15H18ClFN2O3. The zero-order valence-corrected chi connectivity index (χ0v) is 12.7. The fraction of sp³-hybridized carbons (Fsp3) is 0.467. The molecule has 1 aliphatic rings. The largest absolute Gasteiger partial charge is 0.393 e. The summed E-state index contributed by atoms with van der Waals surface area (Å²) in [6.45, 7) is 0.321. The Labute approximate surface area is 132 Å². The van der Waals surface area contributed by atoms with Gasteiger partial charge in [-0.05, 0) is 43.4 Å². The van der Waals surface area contributed by atoms with Crippen molar-refractivity contribution in [3.05, 3.63) is 29.0 Å². The first-order valence-electron chi connectivity index (χ1n) is 7.18. The summed E-state index contributed by atoms with van der Waals surface area (Å²) in [4.78, 5) is 23.5. The molecule has 2 rings (SSSR count). The minimum Gasteiger partial charge on any atom is -0.393 e. The van der Waals surface area contributed by atoms with E-state index in [1.54, 1.807) is 0 Å². The van der Waals surface area contributed by atoms with Crippen LogP contribution >= 0.6 is 11.6 Å². The lowest BCUT2D eigenvalue weighted by molar-refractivity contribution is -0.136. The highest BCUT2D eigenvalue weighted by molar-refractivity contribution is 6.39. The van der Waals surface area contributed by atoms with Crippen LogP contribution in [0.4, 0.5) is 10.1 Å². The molecule has 1 saturated carbocycles. The van der Waals surface area contributed by atoms with Gasteiger partial charge in [0.05, 0.1) is 11.8 Å². The number of amides is 2. The molecule has 2 atom stereocenters. The normalized spacial score (nSPS) is 21.2. The maximum atomic E-state index is 13.5. The fourth-order valence-electron chi connectivity index (χ4n) is 2.54. The van der Waals surface area contributed by atoms with Crippen molar-refractivity contribution in [1.82, 2.24) is 5.32 Å². The van der Waals surface area contributed by atoms with Crippen LogP contribution in [0.25, 0.3) is 0 Å². The number of aliphatic hydroxyl groups excluding tert-OH is 1. The number of anilines is 1. The number of aliphatic hydroxyl groups is 1. The third-order valence-electron chi connectivity index (χ3n) is 3.69.